The lowest BCUT2D eigenvalue weighted by molar-refractivity contribution is 0.0951. The molecule has 3 aromatic rings. The lowest BCUT2D eigenvalue weighted by atomic mass is 10.1. The van der Waals surface area contributed by atoms with Crippen LogP contribution in [0.3, 0.4) is 0 Å². The van der Waals surface area contributed by atoms with Crippen molar-refractivity contribution in [3.05, 3.63) is 70.8 Å². The second-order valence-corrected chi connectivity index (χ2v) is 5.27. The maximum Gasteiger partial charge on any atom is 0.252 e. The molecule has 0 atom stereocenters. The fourth-order valence-electron chi connectivity index (χ4n) is 1.89. The molecule has 0 aromatic carbocycles. The van der Waals surface area contributed by atoms with Crippen molar-refractivity contribution in [2.75, 3.05) is 0 Å². The van der Waals surface area contributed by atoms with E-state index in [1.165, 1.54) is 11.3 Å². The van der Waals surface area contributed by atoms with Crippen molar-refractivity contribution in [2.24, 2.45) is 0 Å². The first kappa shape index (κ1) is 13.5. The van der Waals surface area contributed by atoms with E-state index in [9.17, 15) is 4.79 Å². The molecule has 0 spiro atoms. The monoisotopic (exact) mass is 295 g/mol. The van der Waals surface area contributed by atoms with Crippen molar-refractivity contribution in [1.29, 1.82) is 0 Å². The minimum atomic E-state index is -0.0624. The third-order valence-electron chi connectivity index (χ3n) is 3.02. The zero-order valence-corrected chi connectivity index (χ0v) is 12.0. The number of amides is 1. The van der Waals surface area contributed by atoms with E-state index >= 15 is 0 Å². The molecule has 3 aromatic heterocycles. The van der Waals surface area contributed by atoms with Gasteiger partial charge in [0.2, 0.25) is 0 Å². The molecule has 0 aliphatic rings. The van der Waals surface area contributed by atoms with Crippen LogP contribution in [0.25, 0.3) is 11.3 Å². The molecule has 3 rings (SSSR count). The number of hydrogen-bond donors (Lipinski definition) is 1. The molecule has 1 N–H and O–H groups in total. The second-order valence-electron chi connectivity index (χ2n) is 4.49. The number of pyridine rings is 2. The zero-order chi connectivity index (χ0) is 14.5. The highest BCUT2D eigenvalue weighted by Crippen LogP contribution is 2.15. The quantitative estimate of drug-likeness (QED) is 0.804. The molecule has 4 nitrogen and oxygen atoms in total. The molecule has 0 saturated heterocycles. The molecular weight excluding hydrogens is 282 g/mol. The van der Waals surface area contributed by atoms with Crippen LogP contribution in [0.1, 0.15) is 15.9 Å². The van der Waals surface area contributed by atoms with E-state index in [4.69, 9.17) is 0 Å². The van der Waals surface area contributed by atoms with Gasteiger partial charge in [-0.05, 0) is 35.2 Å². The third kappa shape index (κ3) is 3.32. The highest BCUT2D eigenvalue weighted by molar-refractivity contribution is 7.08. The van der Waals surface area contributed by atoms with E-state index in [1.54, 1.807) is 18.6 Å². The first-order valence-corrected chi connectivity index (χ1v) is 7.43. The average molecular weight is 295 g/mol. The van der Waals surface area contributed by atoms with Gasteiger partial charge in [-0.15, -0.1) is 0 Å². The minimum absolute atomic E-state index is 0.0624. The maximum absolute atomic E-state index is 11.8. The molecule has 0 saturated carbocycles. The number of thiophene rings is 1. The molecule has 21 heavy (non-hydrogen) atoms. The van der Waals surface area contributed by atoms with Gasteiger partial charge in [-0.1, -0.05) is 6.07 Å². The van der Waals surface area contributed by atoms with E-state index in [0.717, 1.165) is 16.8 Å². The molecule has 5 heteroatoms. The smallest absolute Gasteiger partial charge is 0.252 e. The van der Waals surface area contributed by atoms with Crippen molar-refractivity contribution < 1.29 is 4.79 Å². The number of hydrogen-bond acceptors (Lipinski definition) is 4. The third-order valence-corrected chi connectivity index (χ3v) is 3.70. The van der Waals surface area contributed by atoms with Gasteiger partial charge < -0.3 is 5.32 Å². The summed E-state index contributed by atoms with van der Waals surface area (Å²) in [5, 5.41) is 6.60. The van der Waals surface area contributed by atoms with Crippen molar-refractivity contribution in [3.8, 4) is 11.3 Å². The molecule has 3 heterocycles. The van der Waals surface area contributed by atoms with Crippen LogP contribution in [0.5, 0.6) is 0 Å². The molecule has 0 unspecified atom stereocenters. The van der Waals surface area contributed by atoms with Crippen LogP contribution in [0, 0.1) is 0 Å². The molecule has 104 valence electrons. The summed E-state index contributed by atoms with van der Waals surface area (Å²) in [5.41, 5.74) is 3.51. The Bertz CT molecular complexity index is 709. The number of carbonyl (C=O) groups is 1. The van der Waals surface area contributed by atoms with Crippen molar-refractivity contribution in [3.63, 3.8) is 0 Å². The SMILES string of the molecule is O=C(NCc1ccc(-c2cccnc2)nc1)c1ccsc1. The van der Waals surface area contributed by atoms with Gasteiger partial charge in [-0.2, -0.15) is 11.3 Å². The van der Waals surface area contributed by atoms with Gasteiger partial charge in [-0.3, -0.25) is 14.8 Å². The summed E-state index contributed by atoms with van der Waals surface area (Å²) >= 11 is 1.51. The molecular formula is C16H13N3OS. The lowest BCUT2D eigenvalue weighted by Gasteiger charge is -2.05. The Labute approximate surface area is 126 Å². The van der Waals surface area contributed by atoms with Crippen molar-refractivity contribution in [2.45, 2.75) is 6.54 Å². The zero-order valence-electron chi connectivity index (χ0n) is 11.2. The van der Waals surface area contributed by atoms with Crippen molar-refractivity contribution >= 4 is 17.2 Å². The second kappa shape index (κ2) is 6.28. The fraction of sp³-hybridized carbons (Fsp3) is 0.0625. The Morgan fingerprint density at radius 2 is 2.14 bits per heavy atom. The minimum Gasteiger partial charge on any atom is -0.348 e. The summed E-state index contributed by atoms with van der Waals surface area (Å²) in [6.45, 7) is 0.467. The van der Waals surface area contributed by atoms with Gasteiger partial charge in [0.15, 0.2) is 0 Å². The van der Waals surface area contributed by atoms with Gasteiger partial charge in [0.25, 0.3) is 5.91 Å². The van der Waals surface area contributed by atoms with Crippen LogP contribution < -0.4 is 5.32 Å². The summed E-state index contributed by atoms with van der Waals surface area (Å²) in [7, 11) is 0. The number of aromatic nitrogens is 2. The van der Waals surface area contributed by atoms with Crippen LogP contribution >= 0.6 is 11.3 Å². The Morgan fingerprint density at radius 1 is 1.19 bits per heavy atom. The van der Waals surface area contributed by atoms with E-state index in [2.05, 4.69) is 15.3 Å². The number of nitrogens with zero attached hydrogens (tertiary/aromatic N) is 2. The van der Waals surface area contributed by atoms with Crippen LogP contribution in [0.4, 0.5) is 0 Å². The number of rotatable bonds is 4. The summed E-state index contributed by atoms with van der Waals surface area (Å²) in [5.74, 6) is -0.0624. The molecule has 0 radical (unpaired) electrons. The summed E-state index contributed by atoms with van der Waals surface area (Å²) in [4.78, 5) is 20.3. The summed E-state index contributed by atoms with van der Waals surface area (Å²) in [6.07, 6.45) is 5.29. The van der Waals surface area contributed by atoms with Gasteiger partial charge in [0.05, 0.1) is 5.69 Å². The average Bonchev–Trinajstić information content (AvgIpc) is 3.08. The van der Waals surface area contributed by atoms with Gasteiger partial charge >= 0.3 is 0 Å². The van der Waals surface area contributed by atoms with E-state index in [1.807, 2.05) is 41.1 Å². The number of nitrogens with one attached hydrogen (secondary N) is 1. The van der Waals surface area contributed by atoms with E-state index in [-0.39, 0.29) is 5.91 Å². The Morgan fingerprint density at radius 3 is 2.81 bits per heavy atom. The van der Waals surface area contributed by atoms with E-state index in [0.29, 0.717) is 12.1 Å². The summed E-state index contributed by atoms with van der Waals surface area (Å²) < 4.78 is 0. The molecule has 0 aliphatic carbocycles. The predicted octanol–water partition coefficient (Wildman–Crippen LogP) is 3.14. The molecule has 0 aliphatic heterocycles. The molecule has 0 fully saturated rings. The molecule has 0 bridgehead atoms. The topological polar surface area (TPSA) is 54.9 Å². The van der Waals surface area contributed by atoms with Gasteiger partial charge in [0.1, 0.15) is 0 Å². The highest BCUT2D eigenvalue weighted by atomic mass is 32.1. The molecule has 1 amide bonds. The summed E-state index contributed by atoms with van der Waals surface area (Å²) in [6, 6.07) is 9.55. The van der Waals surface area contributed by atoms with Crippen LogP contribution in [-0.2, 0) is 6.54 Å². The van der Waals surface area contributed by atoms with Crippen LogP contribution in [0.15, 0.2) is 59.7 Å². The van der Waals surface area contributed by atoms with Gasteiger partial charge in [-0.25, -0.2) is 0 Å². The first-order chi connectivity index (χ1) is 10.3. The van der Waals surface area contributed by atoms with Gasteiger partial charge in [0, 0.05) is 41.6 Å². The fourth-order valence-corrected chi connectivity index (χ4v) is 2.53. The Kier molecular flexibility index (Phi) is 4.02. The largest absolute Gasteiger partial charge is 0.348 e. The normalized spacial score (nSPS) is 10.3. The van der Waals surface area contributed by atoms with Crippen molar-refractivity contribution in [1.82, 2.24) is 15.3 Å². The Balaban J connectivity index is 1.64. The maximum atomic E-state index is 11.8. The van der Waals surface area contributed by atoms with E-state index < -0.39 is 0 Å². The first-order valence-electron chi connectivity index (χ1n) is 6.48. The lowest BCUT2D eigenvalue weighted by Crippen LogP contribution is -2.22. The Hall–Kier alpha value is -2.53. The predicted molar refractivity (Wildman–Crippen MR) is 83.0 cm³/mol. The van der Waals surface area contributed by atoms with Crippen LogP contribution in [0.2, 0.25) is 0 Å². The number of carbonyl (C=O) groups excluding carboxylic acids is 1. The standard InChI is InChI=1S/C16H13N3OS/c20-16(14-5-7-21-11-14)19-9-12-3-4-15(18-8-12)13-2-1-6-17-10-13/h1-8,10-11H,9H2,(H,19,20). The van der Waals surface area contributed by atoms with Crippen LogP contribution in [-0.4, -0.2) is 15.9 Å². The highest BCUT2D eigenvalue weighted by Gasteiger charge is 2.05.